The Balaban J connectivity index is 1.88. The molecule has 2 aliphatic rings. The molecule has 1 aliphatic carbocycles. The van der Waals surface area contributed by atoms with Crippen LogP contribution in [0.25, 0.3) is 0 Å². The molecule has 33 heavy (non-hydrogen) atoms. The summed E-state index contributed by atoms with van der Waals surface area (Å²) in [6.45, 7) is 0. The average molecular weight is 476 g/mol. The molecule has 0 saturated carbocycles. The van der Waals surface area contributed by atoms with Gasteiger partial charge in [-0.05, 0) is 54.8 Å². The van der Waals surface area contributed by atoms with Crippen LogP contribution in [-0.2, 0) is 4.79 Å². The van der Waals surface area contributed by atoms with E-state index >= 15 is 0 Å². The summed E-state index contributed by atoms with van der Waals surface area (Å²) < 4.78 is 0. The Hall–Kier alpha value is -3.53. The summed E-state index contributed by atoms with van der Waals surface area (Å²) in [5, 5.41) is 10.9. The molecular weight excluding hydrogens is 457 g/mol. The Morgan fingerprint density at radius 1 is 1.00 bits per heavy atom. The first kappa shape index (κ1) is 21.3. The maximum atomic E-state index is 13.4. The summed E-state index contributed by atoms with van der Waals surface area (Å²) >= 11 is 12.3. The van der Waals surface area contributed by atoms with Crippen molar-refractivity contribution in [3.63, 3.8) is 0 Å². The summed E-state index contributed by atoms with van der Waals surface area (Å²) in [5.41, 5.74) is 16.8. The summed E-state index contributed by atoms with van der Waals surface area (Å²) in [5.74, 6) is 0.132. The van der Waals surface area contributed by atoms with Crippen LogP contribution in [0.15, 0.2) is 59.8 Å². The van der Waals surface area contributed by atoms with Gasteiger partial charge in [0.2, 0.25) is 0 Å². The Morgan fingerprint density at radius 3 is 2.27 bits per heavy atom. The molecule has 6 nitrogen and oxygen atoms in total. The van der Waals surface area contributed by atoms with Crippen LogP contribution in [0.1, 0.15) is 41.9 Å². The molecule has 2 heterocycles. The van der Waals surface area contributed by atoms with Crippen molar-refractivity contribution in [1.82, 2.24) is 4.98 Å². The van der Waals surface area contributed by atoms with Crippen molar-refractivity contribution >= 4 is 52.0 Å². The fourth-order valence-electron chi connectivity index (χ4n) is 4.73. The number of hydrogen-bond donors (Lipinski definition) is 2. The van der Waals surface area contributed by atoms with Crippen molar-refractivity contribution < 1.29 is 4.79 Å². The zero-order chi connectivity index (χ0) is 23.3. The van der Waals surface area contributed by atoms with Gasteiger partial charge in [0.25, 0.3) is 0 Å². The Labute approximate surface area is 201 Å². The van der Waals surface area contributed by atoms with Crippen molar-refractivity contribution in [3.05, 3.63) is 86.5 Å². The molecule has 2 aromatic carbocycles. The molecule has 4 N–H and O–H groups in total. The number of fused-ring (bicyclic) bond motifs is 1. The number of nitrogen functional groups attached to an aromatic ring is 2. The van der Waals surface area contributed by atoms with Crippen molar-refractivity contribution in [2.45, 2.75) is 25.2 Å². The second-order valence-corrected chi connectivity index (χ2v) is 8.94. The Bertz CT molecular complexity index is 1360. The quantitative estimate of drug-likeness (QED) is 0.490. The highest BCUT2D eigenvalue weighted by atomic mass is 35.5. The number of carbonyl (C=O) groups is 1. The molecule has 0 saturated heterocycles. The van der Waals surface area contributed by atoms with Gasteiger partial charge in [0.05, 0.1) is 5.69 Å². The smallest absolute Gasteiger partial charge is 0.161 e. The van der Waals surface area contributed by atoms with E-state index < -0.39 is 5.92 Å². The van der Waals surface area contributed by atoms with Crippen LogP contribution in [0, 0.1) is 11.3 Å². The number of aromatic nitrogens is 1. The number of allylic oxidation sites excluding steroid dienone is 2. The first-order valence-corrected chi connectivity index (χ1v) is 11.2. The number of halogens is 2. The zero-order valence-corrected chi connectivity index (χ0v) is 19.0. The van der Waals surface area contributed by atoms with E-state index in [4.69, 9.17) is 34.7 Å². The van der Waals surface area contributed by atoms with Crippen molar-refractivity contribution in [1.29, 1.82) is 5.26 Å². The minimum absolute atomic E-state index is 0.0498. The number of nitriles is 1. The standard InChI is InChI=1S/C25H19Cl2N5O/c26-14-6-4-13(5-7-14)20-21-18(2-1-3-19(21)33)32(16-10-8-15(27)9-11-16)25-22(20)23(29)17(12-28)24(30)31-25/h4-11,20H,1-3H2,(H4,29,30,31). The lowest BCUT2D eigenvalue weighted by atomic mass is 9.74. The lowest BCUT2D eigenvalue weighted by Crippen LogP contribution is -2.34. The predicted octanol–water partition coefficient (Wildman–Crippen LogP) is 5.72. The van der Waals surface area contributed by atoms with Crippen LogP contribution >= 0.6 is 23.2 Å². The topological polar surface area (TPSA) is 109 Å². The molecular formula is C25H19Cl2N5O. The minimum atomic E-state index is -0.483. The second-order valence-electron chi connectivity index (χ2n) is 8.07. The number of benzene rings is 2. The number of pyridine rings is 1. The van der Waals surface area contributed by atoms with Crippen LogP contribution in [0.4, 0.5) is 23.0 Å². The summed E-state index contributed by atoms with van der Waals surface area (Å²) in [6, 6.07) is 16.7. The second kappa shape index (κ2) is 8.11. The predicted molar refractivity (Wildman–Crippen MR) is 131 cm³/mol. The molecule has 5 rings (SSSR count). The number of nitrogens with two attached hydrogens (primary N) is 2. The fourth-order valence-corrected chi connectivity index (χ4v) is 4.98. The summed E-state index contributed by atoms with van der Waals surface area (Å²) in [7, 11) is 0. The maximum absolute atomic E-state index is 13.4. The van der Waals surface area contributed by atoms with Gasteiger partial charge < -0.3 is 11.5 Å². The lowest BCUT2D eigenvalue weighted by molar-refractivity contribution is -0.116. The average Bonchev–Trinajstić information content (AvgIpc) is 2.80. The van der Waals surface area contributed by atoms with Gasteiger partial charge in [0.15, 0.2) is 5.78 Å². The summed E-state index contributed by atoms with van der Waals surface area (Å²) in [4.78, 5) is 19.9. The van der Waals surface area contributed by atoms with Crippen LogP contribution in [0.5, 0.6) is 0 Å². The van der Waals surface area contributed by atoms with E-state index in [1.807, 2.05) is 29.2 Å². The van der Waals surface area contributed by atoms with Gasteiger partial charge >= 0.3 is 0 Å². The molecule has 1 unspecified atom stereocenters. The molecule has 164 valence electrons. The van der Waals surface area contributed by atoms with Crippen molar-refractivity contribution in [3.8, 4) is 6.07 Å². The molecule has 1 aliphatic heterocycles. The van der Waals surface area contributed by atoms with Crippen LogP contribution in [0.3, 0.4) is 0 Å². The highest BCUT2D eigenvalue weighted by molar-refractivity contribution is 6.30. The molecule has 1 aromatic heterocycles. The number of rotatable bonds is 2. The van der Waals surface area contributed by atoms with Gasteiger partial charge in [-0.15, -0.1) is 0 Å². The number of ketones is 1. The minimum Gasteiger partial charge on any atom is -0.397 e. The van der Waals surface area contributed by atoms with Crippen LogP contribution < -0.4 is 16.4 Å². The van der Waals surface area contributed by atoms with Crippen molar-refractivity contribution in [2.24, 2.45) is 0 Å². The van der Waals surface area contributed by atoms with Crippen molar-refractivity contribution in [2.75, 3.05) is 16.4 Å². The zero-order valence-electron chi connectivity index (χ0n) is 17.5. The SMILES string of the molecule is N#Cc1c(N)nc2c(c1N)C(c1ccc(Cl)cc1)C1=C(CCCC1=O)N2c1ccc(Cl)cc1. The highest BCUT2D eigenvalue weighted by Crippen LogP contribution is 2.53. The van der Waals surface area contributed by atoms with Gasteiger partial charge in [-0.2, -0.15) is 5.26 Å². The first-order chi connectivity index (χ1) is 15.9. The van der Waals surface area contributed by atoms with E-state index in [1.54, 1.807) is 24.3 Å². The summed E-state index contributed by atoms with van der Waals surface area (Å²) in [6.07, 6.45) is 1.86. The third kappa shape index (κ3) is 3.41. The van der Waals surface area contributed by atoms with E-state index in [1.165, 1.54) is 0 Å². The number of Topliss-reactive ketones (excluding diaryl/α,β-unsaturated/α-hetero) is 1. The number of carbonyl (C=O) groups excluding carboxylic acids is 1. The van der Waals surface area contributed by atoms with Gasteiger partial charge in [0.1, 0.15) is 23.3 Å². The molecule has 0 amide bonds. The van der Waals surface area contributed by atoms with E-state index in [-0.39, 0.29) is 22.9 Å². The van der Waals surface area contributed by atoms with E-state index in [0.717, 1.165) is 23.4 Å². The van der Waals surface area contributed by atoms with Gasteiger partial charge in [-0.3, -0.25) is 9.69 Å². The normalized spacial score (nSPS) is 17.4. The van der Waals surface area contributed by atoms with Crippen LogP contribution in [-0.4, -0.2) is 10.8 Å². The van der Waals surface area contributed by atoms with Gasteiger partial charge in [0, 0.05) is 44.9 Å². The number of anilines is 4. The third-order valence-corrected chi connectivity index (χ3v) is 6.67. The van der Waals surface area contributed by atoms with Gasteiger partial charge in [-0.25, -0.2) is 4.98 Å². The van der Waals surface area contributed by atoms with E-state index in [0.29, 0.717) is 39.8 Å². The molecule has 0 spiro atoms. The fraction of sp³-hybridized carbons (Fsp3) is 0.160. The first-order valence-electron chi connectivity index (χ1n) is 10.5. The molecule has 0 bridgehead atoms. The Morgan fingerprint density at radius 2 is 1.64 bits per heavy atom. The molecule has 8 heteroatoms. The lowest BCUT2D eigenvalue weighted by Gasteiger charge is -2.41. The molecule has 1 atom stereocenters. The largest absolute Gasteiger partial charge is 0.397 e. The van der Waals surface area contributed by atoms with Crippen LogP contribution in [0.2, 0.25) is 10.0 Å². The number of nitrogens with zero attached hydrogens (tertiary/aromatic N) is 3. The van der Waals surface area contributed by atoms with E-state index in [2.05, 4.69) is 11.1 Å². The van der Waals surface area contributed by atoms with Gasteiger partial charge in [-0.1, -0.05) is 35.3 Å². The maximum Gasteiger partial charge on any atom is 0.161 e. The monoisotopic (exact) mass is 475 g/mol. The molecule has 0 radical (unpaired) electrons. The third-order valence-electron chi connectivity index (χ3n) is 6.17. The Kier molecular flexibility index (Phi) is 5.24. The van der Waals surface area contributed by atoms with E-state index in [9.17, 15) is 10.1 Å². The molecule has 3 aromatic rings. The number of hydrogen-bond acceptors (Lipinski definition) is 6. The highest BCUT2D eigenvalue weighted by Gasteiger charge is 2.42. The molecule has 0 fully saturated rings.